The molecule has 1 aliphatic rings. The smallest absolute Gasteiger partial charge is 0.304 e. The Morgan fingerprint density at radius 3 is 2.59 bits per heavy atom. The van der Waals surface area contributed by atoms with Gasteiger partial charge in [-0.25, -0.2) is 4.99 Å². The van der Waals surface area contributed by atoms with Crippen LogP contribution >= 0.6 is 11.8 Å². The molecule has 1 amide bonds. The van der Waals surface area contributed by atoms with Crippen LogP contribution in [0.15, 0.2) is 29.3 Å². The zero-order chi connectivity index (χ0) is 12.5. The molecule has 0 radical (unpaired) electrons. The number of carbonyl (C=O) groups excluding carboxylic acids is 1. The summed E-state index contributed by atoms with van der Waals surface area (Å²) in [6.45, 7) is 0. The second kappa shape index (κ2) is 4.40. The van der Waals surface area contributed by atoms with Crippen molar-refractivity contribution in [1.29, 1.82) is 0 Å². The monoisotopic (exact) mass is 260 g/mol. The number of hydrogen-bond donors (Lipinski definition) is 1. The van der Waals surface area contributed by atoms with Crippen LogP contribution in [0.5, 0.6) is 0 Å². The number of halogens is 3. The van der Waals surface area contributed by atoms with Crippen LogP contribution in [-0.4, -0.2) is 16.8 Å². The summed E-state index contributed by atoms with van der Waals surface area (Å²) in [6.07, 6.45) is -4.45. The molecule has 1 aromatic rings. The molecule has 17 heavy (non-hydrogen) atoms. The van der Waals surface area contributed by atoms with E-state index in [1.807, 2.05) is 0 Å². The number of benzene rings is 1. The fourth-order valence-electron chi connectivity index (χ4n) is 1.31. The van der Waals surface area contributed by atoms with E-state index < -0.39 is 11.7 Å². The minimum Gasteiger partial charge on any atom is -0.304 e. The van der Waals surface area contributed by atoms with E-state index in [0.717, 1.165) is 17.8 Å². The van der Waals surface area contributed by atoms with E-state index >= 15 is 0 Å². The predicted molar refractivity (Wildman–Crippen MR) is 59.1 cm³/mol. The van der Waals surface area contributed by atoms with E-state index in [1.54, 1.807) is 0 Å². The van der Waals surface area contributed by atoms with Gasteiger partial charge in [-0.15, -0.1) is 0 Å². The zero-order valence-corrected chi connectivity index (χ0v) is 9.23. The summed E-state index contributed by atoms with van der Waals surface area (Å²) in [7, 11) is 0. The molecule has 0 spiro atoms. The normalized spacial score (nSPS) is 18.5. The van der Waals surface area contributed by atoms with Crippen molar-refractivity contribution in [1.82, 2.24) is 5.32 Å². The van der Waals surface area contributed by atoms with Crippen molar-refractivity contribution in [3.05, 3.63) is 29.8 Å². The molecular weight excluding hydrogens is 253 g/mol. The molecule has 0 aromatic heterocycles. The van der Waals surface area contributed by atoms with Gasteiger partial charge in [-0.05, 0) is 12.1 Å². The Morgan fingerprint density at radius 1 is 1.29 bits per heavy atom. The highest BCUT2D eigenvalue weighted by atomic mass is 32.2. The molecule has 1 aliphatic heterocycles. The number of aliphatic imine (C=N–C) groups is 1. The third-order valence-corrected chi connectivity index (χ3v) is 2.89. The lowest BCUT2D eigenvalue weighted by atomic mass is 10.2. The molecule has 1 N–H and O–H groups in total. The lowest BCUT2D eigenvalue weighted by Gasteiger charge is -2.09. The Bertz CT molecular complexity index is 485. The van der Waals surface area contributed by atoms with Gasteiger partial charge in [0.15, 0.2) is 5.17 Å². The quantitative estimate of drug-likeness (QED) is 0.843. The number of nitrogens with zero attached hydrogens (tertiary/aromatic N) is 1. The van der Waals surface area contributed by atoms with Crippen molar-refractivity contribution in [3.63, 3.8) is 0 Å². The molecule has 0 bridgehead atoms. The molecule has 7 heteroatoms. The fraction of sp³-hybridized carbons (Fsp3) is 0.200. The first-order chi connectivity index (χ1) is 7.97. The summed E-state index contributed by atoms with van der Waals surface area (Å²) >= 11 is 1.09. The molecule has 0 atom stereocenters. The van der Waals surface area contributed by atoms with Crippen LogP contribution < -0.4 is 5.32 Å². The highest BCUT2D eigenvalue weighted by Crippen LogP contribution is 2.36. The molecule has 3 nitrogen and oxygen atoms in total. The largest absolute Gasteiger partial charge is 0.418 e. The molecule has 1 aromatic carbocycles. The third-order valence-electron chi connectivity index (χ3n) is 2.02. The van der Waals surface area contributed by atoms with Crippen LogP contribution in [0.25, 0.3) is 0 Å². The molecular formula is C10H7F3N2OS. The van der Waals surface area contributed by atoms with Crippen molar-refractivity contribution in [2.24, 2.45) is 4.99 Å². The number of thioether (sulfide) groups is 1. The van der Waals surface area contributed by atoms with Crippen molar-refractivity contribution in [3.8, 4) is 0 Å². The standard InChI is InChI=1S/C10H7F3N2OS/c11-10(12,13)6-3-1-2-4-7(6)14-9-15-8(16)5-17-9/h1-4H,5H2,(H,14,15,16). The van der Waals surface area contributed by atoms with Crippen molar-refractivity contribution in [2.45, 2.75) is 6.18 Å². The molecule has 0 aliphatic carbocycles. The van der Waals surface area contributed by atoms with E-state index in [-0.39, 0.29) is 22.5 Å². The summed E-state index contributed by atoms with van der Waals surface area (Å²) in [6, 6.07) is 4.99. The molecule has 1 heterocycles. The van der Waals surface area contributed by atoms with Crippen LogP contribution in [0.1, 0.15) is 5.56 Å². The van der Waals surface area contributed by atoms with Crippen LogP contribution in [0.4, 0.5) is 18.9 Å². The number of alkyl halides is 3. The summed E-state index contributed by atoms with van der Waals surface area (Å²) in [4.78, 5) is 14.7. The van der Waals surface area contributed by atoms with E-state index in [2.05, 4.69) is 10.3 Å². The number of hydrogen-bond acceptors (Lipinski definition) is 3. The van der Waals surface area contributed by atoms with Gasteiger partial charge in [0.25, 0.3) is 0 Å². The number of nitrogens with one attached hydrogen (secondary N) is 1. The zero-order valence-electron chi connectivity index (χ0n) is 8.41. The minimum absolute atomic E-state index is 0.188. The van der Waals surface area contributed by atoms with Crippen LogP contribution in [0, 0.1) is 0 Å². The highest BCUT2D eigenvalue weighted by molar-refractivity contribution is 8.15. The topological polar surface area (TPSA) is 41.5 Å². The summed E-state index contributed by atoms with van der Waals surface area (Å²) in [5, 5.41) is 2.59. The molecule has 90 valence electrons. The Kier molecular flexibility index (Phi) is 3.10. The minimum atomic E-state index is -4.45. The Hall–Kier alpha value is -1.50. The lowest BCUT2D eigenvalue weighted by Crippen LogP contribution is -2.20. The van der Waals surface area contributed by atoms with Crippen LogP contribution in [0.3, 0.4) is 0 Å². The summed E-state index contributed by atoms with van der Waals surface area (Å²) in [5.41, 5.74) is -1.00. The van der Waals surface area contributed by atoms with Gasteiger partial charge in [-0.3, -0.25) is 4.79 Å². The first kappa shape index (κ1) is 12.0. The van der Waals surface area contributed by atoms with Gasteiger partial charge in [0.05, 0.1) is 17.0 Å². The molecule has 2 rings (SSSR count). The number of para-hydroxylation sites is 1. The Labute approximate surface area is 99.1 Å². The predicted octanol–water partition coefficient (Wildman–Crippen LogP) is 2.56. The van der Waals surface area contributed by atoms with Gasteiger partial charge in [-0.2, -0.15) is 13.2 Å². The van der Waals surface area contributed by atoms with Crippen LogP contribution in [0.2, 0.25) is 0 Å². The molecule has 0 unspecified atom stereocenters. The maximum Gasteiger partial charge on any atom is 0.418 e. The highest BCUT2D eigenvalue weighted by Gasteiger charge is 2.33. The summed E-state index contributed by atoms with van der Waals surface area (Å²) in [5.74, 6) is -0.0641. The number of carbonyl (C=O) groups is 1. The maximum absolute atomic E-state index is 12.6. The van der Waals surface area contributed by atoms with Gasteiger partial charge in [0.2, 0.25) is 5.91 Å². The average molecular weight is 260 g/mol. The number of amides is 1. The van der Waals surface area contributed by atoms with E-state index in [4.69, 9.17) is 0 Å². The van der Waals surface area contributed by atoms with Gasteiger partial charge in [0, 0.05) is 0 Å². The van der Waals surface area contributed by atoms with Crippen LogP contribution in [-0.2, 0) is 11.0 Å². The van der Waals surface area contributed by atoms with Gasteiger partial charge in [0.1, 0.15) is 0 Å². The second-order valence-corrected chi connectivity index (χ2v) is 4.23. The van der Waals surface area contributed by atoms with Gasteiger partial charge < -0.3 is 5.32 Å². The molecule has 1 fully saturated rings. The molecule has 1 saturated heterocycles. The van der Waals surface area contributed by atoms with E-state index in [0.29, 0.717) is 0 Å². The second-order valence-electron chi connectivity index (χ2n) is 3.27. The fourth-order valence-corrected chi connectivity index (χ4v) is 1.99. The number of amidine groups is 1. The lowest BCUT2D eigenvalue weighted by molar-refractivity contribution is -0.137. The van der Waals surface area contributed by atoms with Gasteiger partial charge in [-0.1, -0.05) is 23.9 Å². The SMILES string of the molecule is O=C1CS/C(=N\c2ccccc2C(F)(F)F)N1. The van der Waals surface area contributed by atoms with Crippen molar-refractivity contribution < 1.29 is 18.0 Å². The van der Waals surface area contributed by atoms with E-state index in [9.17, 15) is 18.0 Å². The van der Waals surface area contributed by atoms with E-state index in [1.165, 1.54) is 18.2 Å². The summed E-state index contributed by atoms with van der Waals surface area (Å²) < 4.78 is 37.9. The average Bonchev–Trinajstić information content (AvgIpc) is 2.63. The first-order valence-corrected chi connectivity index (χ1v) is 5.63. The van der Waals surface area contributed by atoms with Crippen molar-refractivity contribution in [2.75, 3.05) is 5.75 Å². The molecule has 0 saturated carbocycles. The third kappa shape index (κ3) is 2.79. The maximum atomic E-state index is 12.6. The van der Waals surface area contributed by atoms with Crippen molar-refractivity contribution >= 4 is 28.5 Å². The number of rotatable bonds is 1. The Morgan fingerprint density at radius 2 is 2.00 bits per heavy atom. The first-order valence-electron chi connectivity index (χ1n) is 4.64. The Balaban J connectivity index is 2.36. The van der Waals surface area contributed by atoms with Gasteiger partial charge >= 0.3 is 6.18 Å².